The van der Waals surface area contributed by atoms with Crippen LogP contribution in [0.3, 0.4) is 0 Å². The summed E-state index contributed by atoms with van der Waals surface area (Å²) in [7, 11) is 1.61. The molecule has 2 atom stereocenters. The number of hydrogen-bond acceptors (Lipinski definition) is 2. The summed E-state index contributed by atoms with van der Waals surface area (Å²) in [4.78, 5) is 4.10. The quantitative estimate of drug-likeness (QED) is 0.337. The predicted octanol–water partition coefficient (Wildman–Crippen LogP) is 2.50. The number of guanidine groups is 1. The highest BCUT2D eigenvalue weighted by Gasteiger charge is 2.41. The third-order valence-corrected chi connectivity index (χ3v) is 3.40. The molecule has 0 amide bonds. The Labute approximate surface area is 139 Å². The first-order valence-electron chi connectivity index (χ1n) is 6.12. The van der Waals surface area contributed by atoms with Crippen molar-refractivity contribution >= 4 is 41.5 Å². The molecule has 3 N–H and O–H groups in total. The Morgan fingerprint density at radius 2 is 2.35 bits per heavy atom. The molecule has 112 valence electrons. The summed E-state index contributed by atoms with van der Waals surface area (Å²) in [5.74, 6) is 0.151. The Balaban J connectivity index is 0.00000200. The van der Waals surface area contributed by atoms with Crippen LogP contribution in [-0.2, 0) is 4.74 Å². The molecule has 0 aromatic heterocycles. The molecule has 2 unspecified atom stereocenters. The van der Waals surface area contributed by atoms with Gasteiger partial charge in [0.1, 0.15) is 5.82 Å². The van der Waals surface area contributed by atoms with Crippen molar-refractivity contribution in [3.05, 3.63) is 34.6 Å². The Morgan fingerprint density at radius 3 is 3.00 bits per heavy atom. The van der Waals surface area contributed by atoms with E-state index in [9.17, 15) is 4.39 Å². The lowest BCUT2D eigenvalue weighted by Gasteiger charge is -2.07. The predicted molar refractivity (Wildman–Crippen MR) is 89.5 cm³/mol. The molecule has 1 aromatic carbocycles. The molecule has 0 aliphatic heterocycles. The van der Waals surface area contributed by atoms with Crippen LogP contribution < -0.4 is 11.1 Å². The number of nitrogens with one attached hydrogen (secondary N) is 1. The minimum absolute atomic E-state index is 0. The molecular weight excluding hydrogens is 396 g/mol. The largest absolute Gasteiger partial charge is 0.383 e. The van der Waals surface area contributed by atoms with Crippen molar-refractivity contribution in [3.63, 3.8) is 0 Å². The number of hydrogen-bond donors (Lipinski definition) is 2. The molecule has 1 aliphatic rings. The smallest absolute Gasteiger partial charge is 0.188 e. The number of aliphatic imine (C=N–C) groups is 1. The molecular formula is C13H18ClFIN3O. The third-order valence-electron chi connectivity index (χ3n) is 3.07. The first kappa shape index (κ1) is 17.5. The lowest BCUT2D eigenvalue weighted by atomic mass is 10.1. The van der Waals surface area contributed by atoms with Crippen molar-refractivity contribution in [2.45, 2.75) is 18.4 Å². The molecule has 0 heterocycles. The number of rotatable bonds is 5. The molecule has 2 rings (SSSR count). The summed E-state index contributed by atoms with van der Waals surface area (Å²) in [5.41, 5.74) is 6.29. The highest BCUT2D eigenvalue weighted by molar-refractivity contribution is 14.0. The minimum Gasteiger partial charge on any atom is -0.383 e. The molecule has 0 saturated heterocycles. The van der Waals surface area contributed by atoms with Gasteiger partial charge in [0.05, 0.1) is 13.2 Å². The topological polar surface area (TPSA) is 59.6 Å². The van der Waals surface area contributed by atoms with Crippen LogP contribution in [-0.4, -0.2) is 32.3 Å². The minimum atomic E-state index is -0.267. The zero-order chi connectivity index (χ0) is 13.8. The van der Waals surface area contributed by atoms with Crippen molar-refractivity contribution in [1.29, 1.82) is 0 Å². The van der Waals surface area contributed by atoms with E-state index in [0.29, 0.717) is 29.7 Å². The standard InChI is InChI=1S/C13H17ClFN3O.HI/c1-19-6-5-17-13(16)18-11-7-8(11)12-9(14)3-2-4-10(12)15;/h2-4,8,11H,5-7H2,1H3,(H3,16,17,18);1H. The van der Waals surface area contributed by atoms with Gasteiger partial charge < -0.3 is 15.8 Å². The molecule has 7 heteroatoms. The molecule has 4 nitrogen and oxygen atoms in total. The Hall–Kier alpha value is -0.600. The van der Waals surface area contributed by atoms with Gasteiger partial charge in [-0.15, -0.1) is 24.0 Å². The second-order valence-corrected chi connectivity index (χ2v) is 4.90. The second-order valence-electron chi connectivity index (χ2n) is 4.49. The van der Waals surface area contributed by atoms with Gasteiger partial charge in [-0.1, -0.05) is 17.7 Å². The van der Waals surface area contributed by atoms with E-state index in [1.54, 1.807) is 19.2 Å². The van der Waals surface area contributed by atoms with Crippen LogP contribution in [0.4, 0.5) is 4.39 Å². The molecule has 1 fully saturated rings. The van der Waals surface area contributed by atoms with Crippen molar-refractivity contribution in [3.8, 4) is 0 Å². The number of nitrogens with zero attached hydrogens (tertiary/aromatic N) is 1. The van der Waals surface area contributed by atoms with Gasteiger partial charge in [0.2, 0.25) is 0 Å². The van der Waals surface area contributed by atoms with Crippen LogP contribution in [0.25, 0.3) is 0 Å². The van der Waals surface area contributed by atoms with Crippen molar-refractivity contribution in [1.82, 2.24) is 5.32 Å². The third kappa shape index (κ3) is 4.46. The van der Waals surface area contributed by atoms with Gasteiger partial charge in [-0.05, 0) is 18.6 Å². The molecule has 0 bridgehead atoms. The van der Waals surface area contributed by atoms with Crippen LogP contribution in [0.15, 0.2) is 23.2 Å². The number of methoxy groups -OCH3 is 1. The van der Waals surface area contributed by atoms with Crippen LogP contribution in [0.2, 0.25) is 5.02 Å². The summed E-state index contributed by atoms with van der Waals surface area (Å²) in [6.07, 6.45) is 0.807. The van der Waals surface area contributed by atoms with Gasteiger partial charge in [-0.2, -0.15) is 0 Å². The fourth-order valence-electron chi connectivity index (χ4n) is 2.03. The summed E-state index contributed by atoms with van der Waals surface area (Å²) in [6.45, 7) is 1.03. The average Bonchev–Trinajstić information content (AvgIpc) is 3.08. The fraction of sp³-hybridized carbons (Fsp3) is 0.462. The Bertz CT molecular complexity index is 466. The van der Waals surface area contributed by atoms with Gasteiger partial charge in [0, 0.05) is 29.7 Å². The summed E-state index contributed by atoms with van der Waals surface area (Å²) < 4.78 is 18.6. The van der Waals surface area contributed by atoms with Crippen molar-refractivity contribution in [2.24, 2.45) is 10.7 Å². The van der Waals surface area contributed by atoms with E-state index in [4.69, 9.17) is 22.1 Å². The van der Waals surface area contributed by atoms with Gasteiger partial charge in [0.25, 0.3) is 0 Å². The van der Waals surface area contributed by atoms with Gasteiger partial charge in [-0.25, -0.2) is 4.39 Å². The maximum Gasteiger partial charge on any atom is 0.188 e. The summed E-state index contributed by atoms with van der Waals surface area (Å²) in [5, 5.41) is 3.52. The van der Waals surface area contributed by atoms with E-state index in [2.05, 4.69) is 10.3 Å². The fourth-order valence-corrected chi connectivity index (χ4v) is 2.33. The number of nitrogens with two attached hydrogens (primary N) is 1. The van der Waals surface area contributed by atoms with E-state index in [-0.39, 0.29) is 41.8 Å². The zero-order valence-electron chi connectivity index (χ0n) is 11.1. The SMILES string of the molecule is COCCN=C(N)NC1CC1c1c(F)cccc1Cl.I. The van der Waals surface area contributed by atoms with Gasteiger partial charge >= 0.3 is 0 Å². The molecule has 0 spiro atoms. The van der Waals surface area contributed by atoms with Crippen molar-refractivity contribution in [2.75, 3.05) is 20.3 Å². The number of halogens is 3. The van der Waals surface area contributed by atoms with Gasteiger partial charge in [-0.3, -0.25) is 4.99 Å². The lowest BCUT2D eigenvalue weighted by Crippen LogP contribution is -2.34. The summed E-state index contributed by atoms with van der Waals surface area (Å²) >= 11 is 6.02. The van der Waals surface area contributed by atoms with Crippen LogP contribution in [0, 0.1) is 5.82 Å². The monoisotopic (exact) mass is 413 g/mol. The lowest BCUT2D eigenvalue weighted by molar-refractivity contribution is 0.208. The molecule has 1 saturated carbocycles. The van der Waals surface area contributed by atoms with Crippen molar-refractivity contribution < 1.29 is 9.13 Å². The van der Waals surface area contributed by atoms with E-state index >= 15 is 0 Å². The average molecular weight is 414 g/mol. The van der Waals surface area contributed by atoms with E-state index in [1.165, 1.54) is 6.07 Å². The maximum atomic E-state index is 13.7. The molecule has 1 aromatic rings. The second kappa shape index (κ2) is 7.99. The van der Waals surface area contributed by atoms with E-state index in [0.717, 1.165) is 6.42 Å². The summed E-state index contributed by atoms with van der Waals surface area (Å²) in [6, 6.07) is 4.82. The van der Waals surface area contributed by atoms with Crippen LogP contribution >= 0.6 is 35.6 Å². The number of benzene rings is 1. The normalized spacial score (nSPS) is 21.2. The van der Waals surface area contributed by atoms with Crippen LogP contribution in [0.1, 0.15) is 17.9 Å². The highest BCUT2D eigenvalue weighted by atomic mass is 127. The first-order valence-corrected chi connectivity index (χ1v) is 6.50. The molecule has 20 heavy (non-hydrogen) atoms. The zero-order valence-corrected chi connectivity index (χ0v) is 14.2. The molecule has 1 aliphatic carbocycles. The molecule has 0 radical (unpaired) electrons. The first-order chi connectivity index (χ1) is 9.13. The van der Waals surface area contributed by atoms with Gasteiger partial charge in [0.15, 0.2) is 5.96 Å². The maximum absolute atomic E-state index is 13.7. The van der Waals surface area contributed by atoms with E-state index < -0.39 is 0 Å². The highest BCUT2D eigenvalue weighted by Crippen LogP contribution is 2.44. The number of ether oxygens (including phenoxy) is 1. The Kier molecular flexibility index (Phi) is 6.97. The van der Waals surface area contributed by atoms with E-state index in [1.807, 2.05) is 0 Å². The Morgan fingerprint density at radius 1 is 1.60 bits per heavy atom. The van der Waals surface area contributed by atoms with Crippen LogP contribution in [0.5, 0.6) is 0 Å².